The van der Waals surface area contributed by atoms with Crippen molar-refractivity contribution in [2.75, 3.05) is 5.75 Å². The van der Waals surface area contributed by atoms with E-state index in [1.807, 2.05) is 31.2 Å². The average Bonchev–Trinajstić information content (AvgIpc) is 2.55. The number of rotatable bonds is 7. The van der Waals surface area contributed by atoms with Gasteiger partial charge >= 0.3 is 0 Å². The van der Waals surface area contributed by atoms with Crippen LogP contribution in [0.1, 0.15) is 16.7 Å². The number of carbonyl (C=O) groups is 1. The summed E-state index contributed by atoms with van der Waals surface area (Å²) in [6.45, 7) is 1.99. The van der Waals surface area contributed by atoms with E-state index >= 15 is 0 Å². The van der Waals surface area contributed by atoms with Crippen molar-refractivity contribution >= 4 is 29.6 Å². The lowest BCUT2D eigenvalue weighted by Gasteiger charge is -2.01. The van der Waals surface area contributed by atoms with E-state index in [2.05, 4.69) is 10.5 Å². The summed E-state index contributed by atoms with van der Waals surface area (Å²) in [6.07, 6.45) is 1.60. The first-order valence-corrected chi connectivity index (χ1v) is 8.40. The van der Waals surface area contributed by atoms with Crippen LogP contribution in [0.2, 0.25) is 0 Å². The largest absolute Gasteiger partial charge is 0.272 e. The highest BCUT2D eigenvalue weighted by Gasteiger charge is 2.05. The second kappa shape index (κ2) is 8.83. The monoisotopic (exact) mass is 343 g/mol. The molecule has 2 rings (SSSR count). The van der Waals surface area contributed by atoms with E-state index in [4.69, 9.17) is 0 Å². The Balaban J connectivity index is 1.72. The van der Waals surface area contributed by atoms with Crippen molar-refractivity contribution in [2.24, 2.45) is 5.10 Å². The van der Waals surface area contributed by atoms with Gasteiger partial charge in [-0.05, 0) is 18.1 Å². The molecule has 0 heterocycles. The SMILES string of the molecule is Cc1cccc(/C=N\NC(=O)CSCc2ccc([N+](=O)[O-])cc2)c1. The number of nitrogens with one attached hydrogen (secondary N) is 1. The fourth-order valence-electron chi connectivity index (χ4n) is 1.94. The van der Waals surface area contributed by atoms with Gasteiger partial charge in [-0.2, -0.15) is 5.10 Å². The lowest BCUT2D eigenvalue weighted by atomic mass is 10.2. The first-order valence-electron chi connectivity index (χ1n) is 7.24. The lowest BCUT2D eigenvalue weighted by molar-refractivity contribution is -0.384. The Hall–Kier alpha value is -2.67. The molecule has 2 aromatic carbocycles. The van der Waals surface area contributed by atoms with E-state index in [1.165, 1.54) is 23.9 Å². The molecular formula is C17H17N3O3S. The standard InChI is InChI=1S/C17H17N3O3S/c1-13-3-2-4-15(9-13)10-18-19-17(21)12-24-11-14-5-7-16(8-6-14)20(22)23/h2-10H,11-12H2,1H3,(H,19,21)/b18-10-. The summed E-state index contributed by atoms with van der Waals surface area (Å²) in [5.41, 5.74) is 5.53. The van der Waals surface area contributed by atoms with Crippen LogP contribution in [0.5, 0.6) is 0 Å². The molecule has 6 nitrogen and oxygen atoms in total. The van der Waals surface area contributed by atoms with Crippen LogP contribution in [0.25, 0.3) is 0 Å². The van der Waals surface area contributed by atoms with Crippen LogP contribution in [0.4, 0.5) is 5.69 Å². The normalized spacial score (nSPS) is 10.7. The van der Waals surface area contributed by atoms with Gasteiger partial charge in [0.2, 0.25) is 5.91 Å². The van der Waals surface area contributed by atoms with Crippen LogP contribution in [0.15, 0.2) is 53.6 Å². The number of aryl methyl sites for hydroxylation is 1. The second-order valence-electron chi connectivity index (χ2n) is 5.12. The predicted octanol–water partition coefficient (Wildman–Crippen LogP) is 3.29. The van der Waals surface area contributed by atoms with Crippen LogP contribution in [0, 0.1) is 17.0 Å². The summed E-state index contributed by atoms with van der Waals surface area (Å²) in [5, 5.41) is 14.5. The Morgan fingerprint density at radius 3 is 2.71 bits per heavy atom. The van der Waals surface area contributed by atoms with E-state index in [0.29, 0.717) is 5.75 Å². The molecule has 0 fully saturated rings. The molecule has 0 radical (unpaired) electrons. The van der Waals surface area contributed by atoms with Gasteiger partial charge in [0.1, 0.15) is 0 Å². The molecule has 7 heteroatoms. The Morgan fingerprint density at radius 1 is 1.29 bits per heavy atom. The van der Waals surface area contributed by atoms with Crippen LogP contribution in [-0.2, 0) is 10.5 Å². The average molecular weight is 343 g/mol. The zero-order chi connectivity index (χ0) is 17.4. The molecule has 0 aliphatic rings. The quantitative estimate of drug-likeness (QED) is 0.475. The summed E-state index contributed by atoms with van der Waals surface area (Å²) in [6, 6.07) is 14.1. The minimum Gasteiger partial charge on any atom is -0.272 e. The third-order valence-electron chi connectivity index (χ3n) is 3.09. The maximum atomic E-state index is 11.7. The Kier molecular flexibility index (Phi) is 6.51. The van der Waals surface area contributed by atoms with Crippen molar-refractivity contribution in [1.29, 1.82) is 0 Å². The fraction of sp³-hybridized carbons (Fsp3) is 0.176. The van der Waals surface area contributed by atoms with Crippen molar-refractivity contribution in [3.05, 3.63) is 75.3 Å². The number of amides is 1. The van der Waals surface area contributed by atoms with E-state index in [-0.39, 0.29) is 17.3 Å². The number of benzene rings is 2. The summed E-state index contributed by atoms with van der Waals surface area (Å²) in [4.78, 5) is 21.8. The van der Waals surface area contributed by atoms with Crippen LogP contribution >= 0.6 is 11.8 Å². The van der Waals surface area contributed by atoms with Crippen molar-refractivity contribution in [2.45, 2.75) is 12.7 Å². The maximum Gasteiger partial charge on any atom is 0.269 e. The zero-order valence-corrected chi connectivity index (χ0v) is 14.0. The number of nitro benzene ring substituents is 1. The number of nitro groups is 1. The highest BCUT2D eigenvalue weighted by molar-refractivity contribution is 7.99. The van der Waals surface area contributed by atoms with Gasteiger partial charge in [0.25, 0.3) is 5.69 Å². The lowest BCUT2D eigenvalue weighted by Crippen LogP contribution is -2.19. The number of hydrogen-bond acceptors (Lipinski definition) is 5. The molecule has 0 saturated carbocycles. The molecule has 0 saturated heterocycles. The van der Waals surface area contributed by atoms with Crippen molar-refractivity contribution in [3.8, 4) is 0 Å². The number of non-ortho nitro benzene ring substituents is 1. The number of nitrogens with zero attached hydrogens (tertiary/aromatic N) is 2. The topological polar surface area (TPSA) is 84.6 Å². The van der Waals surface area contributed by atoms with E-state index in [1.54, 1.807) is 18.3 Å². The first kappa shape index (κ1) is 17.7. The van der Waals surface area contributed by atoms with Gasteiger partial charge in [0.05, 0.1) is 16.9 Å². The van der Waals surface area contributed by atoms with Crippen LogP contribution in [0.3, 0.4) is 0 Å². The van der Waals surface area contributed by atoms with Gasteiger partial charge in [-0.25, -0.2) is 5.43 Å². The minimum absolute atomic E-state index is 0.0620. The van der Waals surface area contributed by atoms with Crippen molar-refractivity contribution in [3.63, 3.8) is 0 Å². The molecule has 0 aliphatic carbocycles. The predicted molar refractivity (Wildman–Crippen MR) is 96.2 cm³/mol. The van der Waals surface area contributed by atoms with Gasteiger partial charge in [0, 0.05) is 17.9 Å². The van der Waals surface area contributed by atoms with Gasteiger partial charge < -0.3 is 0 Å². The molecule has 0 atom stereocenters. The highest BCUT2D eigenvalue weighted by Crippen LogP contribution is 2.16. The zero-order valence-electron chi connectivity index (χ0n) is 13.1. The summed E-state index contributed by atoms with van der Waals surface area (Å²) >= 11 is 1.42. The number of hydrazone groups is 1. The number of thioether (sulfide) groups is 1. The smallest absolute Gasteiger partial charge is 0.269 e. The van der Waals surface area contributed by atoms with E-state index in [9.17, 15) is 14.9 Å². The third-order valence-corrected chi connectivity index (χ3v) is 4.10. The summed E-state index contributed by atoms with van der Waals surface area (Å²) in [7, 11) is 0. The minimum atomic E-state index is -0.434. The maximum absolute atomic E-state index is 11.7. The molecule has 1 amide bonds. The van der Waals surface area contributed by atoms with Crippen LogP contribution < -0.4 is 5.43 Å². The molecule has 0 aliphatic heterocycles. The molecule has 24 heavy (non-hydrogen) atoms. The fourth-order valence-corrected chi connectivity index (χ4v) is 2.72. The van der Waals surface area contributed by atoms with Crippen molar-refractivity contribution < 1.29 is 9.72 Å². The van der Waals surface area contributed by atoms with Crippen molar-refractivity contribution in [1.82, 2.24) is 5.43 Å². The van der Waals surface area contributed by atoms with Gasteiger partial charge in [-0.3, -0.25) is 14.9 Å². The first-order chi connectivity index (χ1) is 11.5. The van der Waals surface area contributed by atoms with E-state index in [0.717, 1.165) is 16.7 Å². The van der Waals surface area contributed by atoms with Gasteiger partial charge in [-0.1, -0.05) is 42.0 Å². The number of hydrogen-bond donors (Lipinski definition) is 1. The molecule has 0 unspecified atom stereocenters. The van der Waals surface area contributed by atoms with Gasteiger partial charge in [-0.15, -0.1) is 11.8 Å². The van der Waals surface area contributed by atoms with Crippen LogP contribution in [-0.4, -0.2) is 22.8 Å². The Morgan fingerprint density at radius 2 is 2.04 bits per heavy atom. The van der Waals surface area contributed by atoms with E-state index < -0.39 is 4.92 Å². The second-order valence-corrected chi connectivity index (χ2v) is 6.11. The molecule has 2 aromatic rings. The molecule has 0 bridgehead atoms. The number of carbonyl (C=O) groups excluding carboxylic acids is 1. The Bertz CT molecular complexity index is 745. The summed E-state index contributed by atoms with van der Waals surface area (Å²) in [5.74, 6) is 0.681. The summed E-state index contributed by atoms with van der Waals surface area (Å²) < 4.78 is 0. The molecule has 0 spiro atoms. The van der Waals surface area contributed by atoms with Gasteiger partial charge in [0.15, 0.2) is 0 Å². The molecule has 0 aromatic heterocycles. The molecule has 124 valence electrons. The highest BCUT2D eigenvalue weighted by atomic mass is 32.2. The third kappa shape index (κ3) is 5.85. The molecule has 1 N–H and O–H groups in total. The molecular weight excluding hydrogens is 326 g/mol. The Labute approximate surface area is 144 Å².